The van der Waals surface area contributed by atoms with Crippen LogP contribution in [0, 0.1) is 5.82 Å². The molecule has 3 aromatic rings. The zero-order chi connectivity index (χ0) is 21.2. The molecule has 1 amide bonds. The molecule has 154 valence electrons. The van der Waals surface area contributed by atoms with Gasteiger partial charge in [0.05, 0.1) is 23.9 Å². The third-order valence-corrected chi connectivity index (χ3v) is 5.10. The van der Waals surface area contributed by atoms with Gasteiger partial charge < -0.3 is 21.1 Å². The highest BCUT2D eigenvalue weighted by molar-refractivity contribution is 7.09. The van der Waals surface area contributed by atoms with Gasteiger partial charge in [-0.2, -0.15) is 13.2 Å². The summed E-state index contributed by atoms with van der Waals surface area (Å²) in [5.74, 6) is -1.60. The second kappa shape index (κ2) is 8.31. The lowest BCUT2D eigenvalue weighted by atomic mass is 10.1. The Hall–Kier alpha value is -2.76. The summed E-state index contributed by atoms with van der Waals surface area (Å²) in [5, 5.41) is 13.9. The minimum absolute atomic E-state index is 0.0607. The van der Waals surface area contributed by atoms with E-state index in [1.165, 1.54) is 23.5 Å². The van der Waals surface area contributed by atoms with Crippen LogP contribution in [0.25, 0.3) is 11.3 Å². The molecule has 1 unspecified atom stereocenters. The molecular formula is C18H16F4N4O2S. The number of aromatic nitrogens is 2. The molecule has 0 radical (unpaired) electrons. The van der Waals surface area contributed by atoms with Crippen molar-refractivity contribution >= 4 is 17.2 Å². The van der Waals surface area contributed by atoms with Gasteiger partial charge in [-0.3, -0.25) is 4.79 Å². The fourth-order valence-electron chi connectivity index (χ4n) is 2.61. The number of aliphatic hydroxyl groups is 1. The Morgan fingerprint density at radius 2 is 2.07 bits per heavy atom. The number of carbonyl (C=O) groups excluding carboxylic acids is 1. The molecule has 0 saturated carbocycles. The van der Waals surface area contributed by atoms with Crippen molar-refractivity contribution in [3.05, 3.63) is 63.5 Å². The van der Waals surface area contributed by atoms with Crippen molar-refractivity contribution in [2.75, 3.05) is 6.54 Å². The molecule has 0 saturated heterocycles. The van der Waals surface area contributed by atoms with Crippen LogP contribution >= 0.6 is 11.3 Å². The Balaban J connectivity index is 1.77. The molecule has 0 aliphatic heterocycles. The molecule has 2 heterocycles. The number of hydrogen-bond donors (Lipinski definition) is 4. The number of aromatic amines is 1. The summed E-state index contributed by atoms with van der Waals surface area (Å²) in [6, 6.07) is 4.36. The molecule has 6 nitrogen and oxygen atoms in total. The Labute approximate surface area is 166 Å². The third kappa shape index (κ3) is 4.63. The number of alkyl halides is 3. The number of rotatable bonds is 6. The van der Waals surface area contributed by atoms with Crippen molar-refractivity contribution in [1.29, 1.82) is 0 Å². The second-order valence-corrected chi connectivity index (χ2v) is 6.96. The molecule has 2 aromatic heterocycles. The first-order valence-corrected chi connectivity index (χ1v) is 9.23. The quantitative estimate of drug-likeness (QED) is 0.453. The van der Waals surface area contributed by atoms with Gasteiger partial charge >= 0.3 is 6.18 Å². The average molecular weight is 428 g/mol. The van der Waals surface area contributed by atoms with E-state index in [1.54, 1.807) is 5.38 Å². The lowest BCUT2D eigenvalue weighted by Crippen LogP contribution is -2.33. The molecule has 11 heteroatoms. The molecule has 0 fully saturated rings. The number of benzene rings is 1. The van der Waals surface area contributed by atoms with E-state index in [1.807, 2.05) is 0 Å². The van der Waals surface area contributed by atoms with E-state index in [9.17, 15) is 22.4 Å². The van der Waals surface area contributed by atoms with Gasteiger partial charge in [-0.25, -0.2) is 9.37 Å². The standard InChI is InChI=1S/C18H16F4N4O2S/c19-12-5-9(18(20,21)22)1-2-11(12)13-3-4-14(25-13)16(28)26-15(6-23)17-24-10(7-27)8-29-17/h1-5,8,15,25,27H,6-7,23H2,(H,26,28). The maximum absolute atomic E-state index is 14.1. The summed E-state index contributed by atoms with van der Waals surface area (Å²) in [4.78, 5) is 19.3. The van der Waals surface area contributed by atoms with E-state index in [0.717, 1.165) is 12.1 Å². The Morgan fingerprint density at radius 1 is 1.31 bits per heavy atom. The molecule has 0 aliphatic carbocycles. The van der Waals surface area contributed by atoms with Crippen molar-refractivity contribution in [2.45, 2.75) is 18.8 Å². The SMILES string of the molecule is NCC(NC(=O)c1ccc(-c2ccc(C(F)(F)F)cc2F)[nH]1)c1nc(CO)cs1. The van der Waals surface area contributed by atoms with Gasteiger partial charge in [-0.15, -0.1) is 11.3 Å². The third-order valence-electron chi connectivity index (χ3n) is 4.09. The largest absolute Gasteiger partial charge is 0.416 e. The van der Waals surface area contributed by atoms with Gasteiger partial charge in [0, 0.05) is 23.2 Å². The van der Waals surface area contributed by atoms with Gasteiger partial charge in [-0.05, 0) is 30.3 Å². The predicted molar refractivity (Wildman–Crippen MR) is 98.5 cm³/mol. The smallest absolute Gasteiger partial charge is 0.390 e. The number of nitrogens with two attached hydrogens (primary N) is 1. The van der Waals surface area contributed by atoms with Crippen LogP contribution in [-0.2, 0) is 12.8 Å². The molecule has 5 N–H and O–H groups in total. The lowest BCUT2D eigenvalue weighted by molar-refractivity contribution is -0.137. The first-order valence-electron chi connectivity index (χ1n) is 8.35. The van der Waals surface area contributed by atoms with Gasteiger partial charge in [-0.1, -0.05) is 0 Å². The number of thiazole rings is 1. The molecule has 0 bridgehead atoms. The van der Waals surface area contributed by atoms with Crippen LogP contribution in [0.3, 0.4) is 0 Å². The maximum atomic E-state index is 14.1. The van der Waals surface area contributed by atoms with Crippen molar-refractivity contribution in [3.8, 4) is 11.3 Å². The number of carbonyl (C=O) groups is 1. The first-order chi connectivity index (χ1) is 13.7. The molecular weight excluding hydrogens is 412 g/mol. The van der Waals surface area contributed by atoms with E-state index in [2.05, 4.69) is 15.3 Å². The lowest BCUT2D eigenvalue weighted by Gasteiger charge is -2.13. The number of hydrogen-bond acceptors (Lipinski definition) is 5. The summed E-state index contributed by atoms with van der Waals surface area (Å²) in [6.07, 6.45) is -4.65. The van der Waals surface area contributed by atoms with Crippen LogP contribution in [0.2, 0.25) is 0 Å². The highest BCUT2D eigenvalue weighted by Gasteiger charge is 2.31. The average Bonchev–Trinajstić information content (AvgIpc) is 3.34. The Bertz CT molecular complexity index is 1020. The number of H-pyrrole nitrogens is 1. The van der Waals surface area contributed by atoms with Gasteiger partial charge in [0.25, 0.3) is 5.91 Å². The monoisotopic (exact) mass is 428 g/mol. The molecule has 1 aromatic carbocycles. The molecule has 29 heavy (non-hydrogen) atoms. The van der Waals surface area contributed by atoms with E-state index in [0.29, 0.717) is 16.8 Å². The zero-order valence-corrected chi connectivity index (χ0v) is 15.6. The van der Waals surface area contributed by atoms with E-state index in [4.69, 9.17) is 10.8 Å². The van der Waals surface area contributed by atoms with Crippen LogP contribution in [0.1, 0.15) is 32.8 Å². The van der Waals surface area contributed by atoms with E-state index < -0.39 is 29.5 Å². The maximum Gasteiger partial charge on any atom is 0.416 e. The van der Waals surface area contributed by atoms with Gasteiger partial charge in [0.2, 0.25) is 0 Å². The number of nitrogens with one attached hydrogen (secondary N) is 2. The molecule has 0 spiro atoms. The summed E-state index contributed by atoms with van der Waals surface area (Å²) < 4.78 is 52.2. The summed E-state index contributed by atoms with van der Waals surface area (Å²) in [7, 11) is 0. The van der Waals surface area contributed by atoms with Crippen molar-refractivity contribution < 1.29 is 27.5 Å². The van der Waals surface area contributed by atoms with Crippen LogP contribution < -0.4 is 11.1 Å². The van der Waals surface area contributed by atoms with Crippen molar-refractivity contribution in [3.63, 3.8) is 0 Å². The van der Waals surface area contributed by atoms with E-state index >= 15 is 0 Å². The Kier molecular flexibility index (Phi) is 6.01. The second-order valence-electron chi connectivity index (χ2n) is 6.08. The summed E-state index contributed by atoms with van der Waals surface area (Å²) in [5.41, 5.74) is 5.18. The van der Waals surface area contributed by atoms with Crippen molar-refractivity contribution in [2.24, 2.45) is 5.73 Å². The number of halogens is 4. The summed E-state index contributed by atoms with van der Waals surface area (Å²) in [6.45, 7) is -0.175. The van der Waals surface area contributed by atoms with E-state index in [-0.39, 0.29) is 30.1 Å². The number of aliphatic hydroxyl groups excluding tert-OH is 1. The summed E-state index contributed by atoms with van der Waals surface area (Å²) >= 11 is 1.23. The zero-order valence-electron chi connectivity index (χ0n) is 14.8. The number of amides is 1. The van der Waals surface area contributed by atoms with Gasteiger partial charge in [0.1, 0.15) is 16.5 Å². The van der Waals surface area contributed by atoms with Crippen molar-refractivity contribution in [1.82, 2.24) is 15.3 Å². The fraction of sp³-hybridized carbons (Fsp3) is 0.222. The highest BCUT2D eigenvalue weighted by Crippen LogP contribution is 2.32. The topological polar surface area (TPSA) is 104 Å². The highest BCUT2D eigenvalue weighted by atomic mass is 32.1. The minimum atomic E-state index is -4.65. The molecule has 0 aliphatic rings. The molecule has 1 atom stereocenters. The normalized spacial score (nSPS) is 12.8. The fourth-order valence-corrected chi connectivity index (χ4v) is 3.48. The predicted octanol–water partition coefficient (Wildman–Crippen LogP) is 3.22. The minimum Gasteiger partial charge on any atom is -0.390 e. The van der Waals surface area contributed by atoms with Gasteiger partial charge in [0.15, 0.2) is 0 Å². The number of nitrogens with zero attached hydrogens (tertiary/aromatic N) is 1. The van der Waals surface area contributed by atoms with Crippen LogP contribution in [0.15, 0.2) is 35.7 Å². The molecule has 3 rings (SSSR count). The first kappa shape index (κ1) is 21.0. The Morgan fingerprint density at radius 3 is 2.66 bits per heavy atom. The van der Waals surface area contributed by atoms with Crippen LogP contribution in [-0.4, -0.2) is 27.5 Å². The van der Waals surface area contributed by atoms with Crippen LogP contribution in [0.4, 0.5) is 17.6 Å². The van der Waals surface area contributed by atoms with Crippen LogP contribution in [0.5, 0.6) is 0 Å².